The summed E-state index contributed by atoms with van der Waals surface area (Å²) in [6.07, 6.45) is 0. The number of nitrogens with zero attached hydrogens (tertiary/aromatic N) is 2. The molecule has 0 saturated heterocycles. The second kappa shape index (κ2) is 4.78. The predicted molar refractivity (Wildman–Crippen MR) is 57.3 cm³/mol. The van der Waals surface area contributed by atoms with Gasteiger partial charge >= 0.3 is 0 Å². The molecule has 13 heavy (non-hydrogen) atoms. The van der Waals surface area contributed by atoms with Crippen molar-refractivity contribution in [2.75, 3.05) is 0 Å². The van der Waals surface area contributed by atoms with Crippen LogP contribution in [0, 0.1) is 17.6 Å². The Hall–Kier alpha value is -1.14. The normalized spacial score (nSPS) is 8.62. The van der Waals surface area contributed by atoms with Crippen LogP contribution in [0.2, 0.25) is 0 Å². The van der Waals surface area contributed by atoms with Crippen molar-refractivity contribution < 1.29 is 0 Å². The molecular formula is C9H6N2S2. The lowest BCUT2D eigenvalue weighted by molar-refractivity contribution is 1.30. The molecule has 0 saturated carbocycles. The van der Waals surface area contributed by atoms with Gasteiger partial charge in [-0.25, -0.2) is 0 Å². The number of aliphatic imine (C=N–C) groups is 1. The molecule has 0 aliphatic carbocycles. The van der Waals surface area contributed by atoms with E-state index in [2.05, 4.69) is 22.4 Å². The molecule has 0 N–H and O–H groups in total. The van der Waals surface area contributed by atoms with Crippen LogP contribution in [-0.4, -0.2) is 5.16 Å². The molecule has 1 rings (SSSR count). The largest absolute Gasteiger partial charge is 0.195 e. The molecule has 64 valence electrons. The zero-order valence-electron chi connectivity index (χ0n) is 6.94. The Bertz CT molecular complexity index is 401. The summed E-state index contributed by atoms with van der Waals surface area (Å²) >= 11 is 5.61. The molecule has 0 atom stereocenters. The van der Waals surface area contributed by atoms with Crippen LogP contribution in [-0.2, 0) is 0 Å². The molecule has 0 spiro atoms. The molecule has 0 aromatic heterocycles. The molecule has 1 aromatic carbocycles. The fourth-order valence-electron chi connectivity index (χ4n) is 0.870. The maximum absolute atomic E-state index is 8.51. The third-order valence-corrected chi connectivity index (χ3v) is 2.34. The van der Waals surface area contributed by atoms with Gasteiger partial charge in [0.25, 0.3) is 0 Å². The first-order valence-corrected chi connectivity index (χ1v) is 4.75. The monoisotopic (exact) mass is 206 g/mol. The van der Waals surface area contributed by atoms with Crippen LogP contribution >= 0.6 is 24.0 Å². The Morgan fingerprint density at radius 3 is 2.92 bits per heavy atom. The average Bonchev–Trinajstić information content (AvgIpc) is 2.12. The van der Waals surface area contributed by atoms with Crippen molar-refractivity contribution in [2.24, 2.45) is 4.99 Å². The first kappa shape index (κ1) is 9.94. The summed E-state index contributed by atoms with van der Waals surface area (Å²) in [5.74, 6) is 0. The number of hydrogen-bond donors (Lipinski definition) is 0. The summed E-state index contributed by atoms with van der Waals surface area (Å²) in [6.45, 7) is 1.95. The third-order valence-electron chi connectivity index (χ3n) is 1.50. The molecule has 0 bridgehead atoms. The van der Waals surface area contributed by atoms with Crippen LogP contribution in [0.1, 0.15) is 5.56 Å². The van der Waals surface area contributed by atoms with Gasteiger partial charge in [0.15, 0.2) is 0 Å². The van der Waals surface area contributed by atoms with Gasteiger partial charge in [0.2, 0.25) is 0 Å². The number of benzene rings is 1. The van der Waals surface area contributed by atoms with Crippen LogP contribution in [0.4, 0.5) is 5.69 Å². The topological polar surface area (TPSA) is 36.1 Å². The fraction of sp³-hybridized carbons (Fsp3) is 0.111. The number of isothiocyanates is 1. The van der Waals surface area contributed by atoms with E-state index >= 15 is 0 Å². The second-order valence-corrected chi connectivity index (χ2v) is 3.36. The summed E-state index contributed by atoms with van der Waals surface area (Å²) in [5.41, 5.74) is 1.80. The van der Waals surface area contributed by atoms with E-state index < -0.39 is 0 Å². The van der Waals surface area contributed by atoms with Crippen molar-refractivity contribution in [3.05, 3.63) is 23.8 Å². The Kier molecular flexibility index (Phi) is 3.66. The highest BCUT2D eigenvalue weighted by Crippen LogP contribution is 2.25. The minimum absolute atomic E-state index is 0.735. The molecule has 0 heterocycles. The van der Waals surface area contributed by atoms with E-state index in [1.807, 2.05) is 30.5 Å². The highest BCUT2D eigenvalue weighted by molar-refractivity contribution is 8.03. The third kappa shape index (κ3) is 2.67. The molecule has 4 heteroatoms. The molecule has 0 aliphatic heterocycles. The SMILES string of the molecule is Cc1ccc(N=C=S)cc1SC#N. The summed E-state index contributed by atoms with van der Waals surface area (Å²) in [5, 5.41) is 12.8. The zero-order valence-corrected chi connectivity index (χ0v) is 8.58. The van der Waals surface area contributed by atoms with E-state index in [-0.39, 0.29) is 0 Å². The number of nitriles is 1. The molecule has 1 aromatic rings. The number of thiocyanates is 1. The molecular weight excluding hydrogens is 200 g/mol. The first-order chi connectivity index (χ1) is 6.27. The fourth-order valence-corrected chi connectivity index (χ4v) is 1.48. The molecule has 0 amide bonds. The lowest BCUT2D eigenvalue weighted by Crippen LogP contribution is -1.76. The minimum atomic E-state index is 0.735. The number of aryl methyl sites for hydroxylation is 1. The van der Waals surface area contributed by atoms with Crippen molar-refractivity contribution in [2.45, 2.75) is 11.8 Å². The quantitative estimate of drug-likeness (QED) is 0.322. The van der Waals surface area contributed by atoms with E-state index in [0.29, 0.717) is 0 Å². The Morgan fingerprint density at radius 1 is 1.54 bits per heavy atom. The van der Waals surface area contributed by atoms with E-state index in [4.69, 9.17) is 5.26 Å². The average molecular weight is 206 g/mol. The summed E-state index contributed by atoms with van der Waals surface area (Å²) < 4.78 is 0. The lowest BCUT2D eigenvalue weighted by Gasteiger charge is -1.99. The van der Waals surface area contributed by atoms with Gasteiger partial charge in [0.1, 0.15) is 5.40 Å². The van der Waals surface area contributed by atoms with Crippen molar-refractivity contribution in [3.8, 4) is 5.40 Å². The van der Waals surface area contributed by atoms with Crippen LogP contribution in [0.5, 0.6) is 0 Å². The van der Waals surface area contributed by atoms with Gasteiger partial charge in [-0.05, 0) is 48.6 Å². The summed E-state index contributed by atoms with van der Waals surface area (Å²) in [4.78, 5) is 4.74. The van der Waals surface area contributed by atoms with Crippen molar-refractivity contribution in [3.63, 3.8) is 0 Å². The van der Waals surface area contributed by atoms with Gasteiger partial charge in [-0.15, -0.1) is 0 Å². The number of hydrogen-bond acceptors (Lipinski definition) is 4. The van der Waals surface area contributed by atoms with Crippen LogP contribution < -0.4 is 0 Å². The Labute approximate surface area is 86.3 Å². The van der Waals surface area contributed by atoms with E-state index in [0.717, 1.165) is 27.9 Å². The predicted octanol–water partition coefficient (Wildman–Crippen LogP) is 3.30. The highest BCUT2D eigenvalue weighted by Gasteiger charge is 1.99. The van der Waals surface area contributed by atoms with Crippen LogP contribution in [0.25, 0.3) is 0 Å². The maximum Gasteiger partial charge on any atom is 0.138 e. The van der Waals surface area contributed by atoms with Gasteiger partial charge in [0.05, 0.1) is 10.8 Å². The van der Waals surface area contributed by atoms with Gasteiger partial charge in [-0.2, -0.15) is 10.3 Å². The van der Waals surface area contributed by atoms with Gasteiger partial charge in [-0.3, -0.25) is 0 Å². The number of thioether (sulfide) groups is 1. The van der Waals surface area contributed by atoms with Crippen molar-refractivity contribution in [1.29, 1.82) is 5.26 Å². The van der Waals surface area contributed by atoms with E-state index in [1.165, 1.54) is 0 Å². The zero-order chi connectivity index (χ0) is 9.68. The molecule has 0 radical (unpaired) electrons. The van der Waals surface area contributed by atoms with Crippen molar-refractivity contribution in [1.82, 2.24) is 0 Å². The number of thiocarbonyl (C=S) groups is 1. The first-order valence-electron chi connectivity index (χ1n) is 3.52. The molecule has 0 fully saturated rings. The van der Waals surface area contributed by atoms with Crippen molar-refractivity contribution >= 4 is 34.8 Å². The maximum atomic E-state index is 8.51. The summed E-state index contributed by atoms with van der Waals surface area (Å²) in [6, 6.07) is 5.57. The Balaban J connectivity index is 3.12. The highest BCUT2D eigenvalue weighted by atomic mass is 32.2. The Morgan fingerprint density at radius 2 is 2.31 bits per heavy atom. The van der Waals surface area contributed by atoms with E-state index in [9.17, 15) is 0 Å². The minimum Gasteiger partial charge on any atom is -0.195 e. The number of rotatable bonds is 2. The van der Waals surface area contributed by atoms with Crippen LogP contribution in [0.15, 0.2) is 28.1 Å². The molecule has 0 aliphatic rings. The lowest BCUT2D eigenvalue weighted by atomic mass is 10.2. The van der Waals surface area contributed by atoms with Gasteiger partial charge < -0.3 is 0 Å². The molecule has 2 nitrogen and oxygen atoms in total. The van der Waals surface area contributed by atoms with Gasteiger partial charge in [-0.1, -0.05) is 6.07 Å². The van der Waals surface area contributed by atoms with E-state index in [1.54, 1.807) is 0 Å². The second-order valence-electron chi connectivity index (χ2n) is 2.35. The van der Waals surface area contributed by atoms with Crippen LogP contribution in [0.3, 0.4) is 0 Å². The smallest absolute Gasteiger partial charge is 0.138 e. The molecule has 0 unspecified atom stereocenters. The standard InChI is InChI=1S/C9H6N2S2/c1-7-2-3-8(11-6-12)4-9(7)13-5-10/h2-4H,1H3. The summed E-state index contributed by atoms with van der Waals surface area (Å²) in [7, 11) is 0. The van der Waals surface area contributed by atoms with Gasteiger partial charge in [0, 0.05) is 4.90 Å².